The van der Waals surface area contributed by atoms with Gasteiger partial charge in [-0.3, -0.25) is 4.79 Å². The van der Waals surface area contributed by atoms with E-state index < -0.39 is 0 Å². The zero-order valence-electron chi connectivity index (χ0n) is 8.62. The summed E-state index contributed by atoms with van der Waals surface area (Å²) in [6, 6.07) is 5.72. The molecule has 0 radical (unpaired) electrons. The number of methoxy groups -OCH3 is 1. The largest absolute Gasteiger partial charge is 0.495 e. The molecule has 0 aromatic heterocycles. The molecule has 1 aromatic carbocycles. The number of hydrogen-bond donors (Lipinski definition) is 2. The molecule has 15 heavy (non-hydrogen) atoms. The van der Waals surface area contributed by atoms with Crippen molar-refractivity contribution < 1.29 is 9.53 Å². The maximum absolute atomic E-state index is 11.1. The standard InChI is InChI=1S/C11H14N2O2/c1-15-10-4-2-7(6-8(10)12)9-3-5-11(14)13-9/h2,4,6,9H,3,5,12H2,1H3,(H,13,14). The van der Waals surface area contributed by atoms with Crippen LogP contribution in [0.25, 0.3) is 0 Å². The SMILES string of the molecule is COc1ccc(C2CCC(=O)N2)cc1N. The van der Waals surface area contributed by atoms with Crippen LogP contribution in [0.1, 0.15) is 24.4 Å². The number of carbonyl (C=O) groups is 1. The third-order valence-electron chi connectivity index (χ3n) is 2.65. The van der Waals surface area contributed by atoms with Gasteiger partial charge in [0.15, 0.2) is 0 Å². The number of amides is 1. The van der Waals surface area contributed by atoms with Gasteiger partial charge in [-0.1, -0.05) is 6.07 Å². The number of hydrogen-bond acceptors (Lipinski definition) is 3. The highest BCUT2D eigenvalue weighted by atomic mass is 16.5. The third kappa shape index (κ3) is 1.88. The van der Waals surface area contributed by atoms with Crippen LogP contribution in [-0.2, 0) is 4.79 Å². The summed E-state index contributed by atoms with van der Waals surface area (Å²) in [4.78, 5) is 11.1. The first-order valence-electron chi connectivity index (χ1n) is 4.93. The molecule has 1 saturated heterocycles. The minimum absolute atomic E-state index is 0.103. The Hall–Kier alpha value is -1.71. The summed E-state index contributed by atoms with van der Waals surface area (Å²) in [7, 11) is 1.59. The minimum Gasteiger partial charge on any atom is -0.495 e. The Balaban J connectivity index is 2.22. The molecule has 0 spiro atoms. The fourth-order valence-electron chi connectivity index (χ4n) is 1.83. The van der Waals surface area contributed by atoms with E-state index in [9.17, 15) is 4.79 Å². The highest BCUT2D eigenvalue weighted by Gasteiger charge is 2.22. The van der Waals surface area contributed by atoms with E-state index in [4.69, 9.17) is 10.5 Å². The van der Waals surface area contributed by atoms with Gasteiger partial charge in [-0.25, -0.2) is 0 Å². The number of benzene rings is 1. The number of carbonyl (C=O) groups excluding carboxylic acids is 1. The summed E-state index contributed by atoms with van der Waals surface area (Å²) < 4.78 is 5.07. The fourth-order valence-corrected chi connectivity index (χ4v) is 1.83. The van der Waals surface area contributed by atoms with Crippen LogP contribution in [0.4, 0.5) is 5.69 Å². The van der Waals surface area contributed by atoms with Gasteiger partial charge < -0.3 is 15.8 Å². The highest BCUT2D eigenvalue weighted by molar-refractivity contribution is 5.78. The second-order valence-electron chi connectivity index (χ2n) is 3.66. The Morgan fingerprint density at radius 2 is 2.33 bits per heavy atom. The van der Waals surface area contributed by atoms with E-state index in [-0.39, 0.29) is 11.9 Å². The molecule has 0 bridgehead atoms. The van der Waals surface area contributed by atoms with Crippen LogP contribution < -0.4 is 15.8 Å². The maximum Gasteiger partial charge on any atom is 0.220 e. The van der Waals surface area contributed by atoms with Gasteiger partial charge in [0.1, 0.15) is 5.75 Å². The molecular weight excluding hydrogens is 192 g/mol. The van der Waals surface area contributed by atoms with Crippen LogP contribution in [0.15, 0.2) is 18.2 Å². The zero-order valence-corrected chi connectivity index (χ0v) is 8.62. The molecule has 1 fully saturated rings. The van der Waals surface area contributed by atoms with Crippen molar-refractivity contribution in [1.82, 2.24) is 5.32 Å². The number of nitrogens with two attached hydrogens (primary N) is 1. The number of nitrogen functional groups attached to an aromatic ring is 1. The Kier molecular flexibility index (Phi) is 2.49. The lowest BCUT2D eigenvalue weighted by molar-refractivity contribution is -0.119. The van der Waals surface area contributed by atoms with Gasteiger partial charge in [0, 0.05) is 6.42 Å². The maximum atomic E-state index is 11.1. The molecular formula is C11H14N2O2. The average Bonchev–Trinajstić information content (AvgIpc) is 2.65. The van der Waals surface area contributed by atoms with Gasteiger partial charge >= 0.3 is 0 Å². The van der Waals surface area contributed by atoms with Crippen LogP contribution in [0.5, 0.6) is 5.75 Å². The van der Waals surface area contributed by atoms with E-state index >= 15 is 0 Å². The summed E-state index contributed by atoms with van der Waals surface area (Å²) in [6.45, 7) is 0. The Labute approximate surface area is 88.4 Å². The van der Waals surface area contributed by atoms with Gasteiger partial charge in [-0.2, -0.15) is 0 Å². The van der Waals surface area contributed by atoms with E-state index in [0.29, 0.717) is 17.9 Å². The first-order chi connectivity index (χ1) is 7.20. The summed E-state index contributed by atoms with van der Waals surface area (Å²) in [5.41, 5.74) is 7.44. The van der Waals surface area contributed by atoms with E-state index in [1.54, 1.807) is 7.11 Å². The molecule has 1 unspecified atom stereocenters. The molecule has 2 rings (SSSR count). The predicted molar refractivity (Wildman–Crippen MR) is 57.5 cm³/mol. The molecule has 0 saturated carbocycles. The number of nitrogens with one attached hydrogen (secondary N) is 1. The summed E-state index contributed by atoms with van der Waals surface area (Å²) in [5.74, 6) is 0.775. The minimum atomic E-state index is 0.103. The van der Waals surface area contributed by atoms with Gasteiger partial charge in [-0.05, 0) is 24.1 Å². The van der Waals surface area contributed by atoms with Crippen LogP contribution in [-0.4, -0.2) is 13.0 Å². The van der Waals surface area contributed by atoms with Gasteiger partial charge in [0.05, 0.1) is 18.8 Å². The van der Waals surface area contributed by atoms with Gasteiger partial charge in [0.25, 0.3) is 0 Å². The lowest BCUT2D eigenvalue weighted by Crippen LogP contribution is -2.18. The Morgan fingerprint density at radius 3 is 2.87 bits per heavy atom. The normalized spacial score (nSPS) is 20.1. The monoisotopic (exact) mass is 206 g/mol. The van der Waals surface area contributed by atoms with Crippen LogP contribution in [0.3, 0.4) is 0 Å². The number of rotatable bonds is 2. The lowest BCUT2D eigenvalue weighted by atomic mass is 10.0. The molecule has 1 aliphatic heterocycles. The van der Waals surface area contributed by atoms with Crippen molar-refractivity contribution in [2.45, 2.75) is 18.9 Å². The highest BCUT2D eigenvalue weighted by Crippen LogP contribution is 2.29. The first-order valence-corrected chi connectivity index (χ1v) is 4.93. The summed E-state index contributed by atoms with van der Waals surface area (Å²) in [5, 5.41) is 2.90. The topological polar surface area (TPSA) is 64.3 Å². The molecule has 1 heterocycles. The van der Waals surface area contributed by atoms with Crippen molar-refractivity contribution in [2.24, 2.45) is 0 Å². The average molecular weight is 206 g/mol. The molecule has 4 heteroatoms. The van der Waals surface area contributed by atoms with E-state index in [2.05, 4.69) is 5.32 Å². The van der Waals surface area contributed by atoms with Crippen molar-refractivity contribution in [3.63, 3.8) is 0 Å². The van der Waals surface area contributed by atoms with Crippen molar-refractivity contribution in [3.05, 3.63) is 23.8 Å². The Morgan fingerprint density at radius 1 is 1.53 bits per heavy atom. The smallest absolute Gasteiger partial charge is 0.220 e. The van der Waals surface area contributed by atoms with E-state index in [0.717, 1.165) is 12.0 Å². The molecule has 0 aliphatic carbocycles. The molecule has 1 atom stereocenters. The van der Waals surface area contributed by atoms with Crippen molar-refractivity contribution >= 4 is 11.6 Å². The predicted octanol–water partition coefficient (Wildman–Crippen LogP) is 1.23. The third-order valence-corrected chi connectivity index (χ3v) is 2.65. The van der Waals surface area contributed by atoms with Crippen molar-refractivity contribution in [2.75, 3.05) is 12.8 Å². The van der Waals surface area contributed by atoms with Crippen LogP contribution >= 0.6 is 0 Å². The van der Waals surface area contributed by atoms with Gasteiger partial charge in [-0.15, -0.1) is 0 Å². The van der Waals surface area contributed by atoms with Crippen LogP contribution in [0, 0.1) is 0 Å². The van der Waals surface area contributed by atoms with Gasteiger partial charge in [0.2, 0.25) is 5.91 Å². The number of ether oxygens (including phenoxy) is 1. The van der Waals surface area contributed by atoms with E-state index in [1.807, 2.05) is 18.2 Å². The number of anilines is 1. The first kappa shape index (κ1) is 9.83. The molecule has 1 amide bonds. The fraction of sp³-hybridized carbons (Fsp3) is 0.364. The Bertz CT molecular complexity index is 390. The lowest BCUT2D eigenvalue weighted by Gasteiger charge is -2.12. The second-order valence-corrected chi connectivity index (χ2v) is 3.66. The quantitative estimate of drug-likeness (QED) is 0.715. The summed E-state index contributed by atoms with van der Waals surface area (Å²) >= 11 is 0. The molecule has 3 N–H and O–H groups in total. The zero-order chi connectivity index (χ0) is 10.8. The van der Waals surface area contributed by atoms with Crippen LogP contribution in [0.2, 0.25) is 0 Å². The second kappa shape index (κ2) is 3.81. The molecule has 4 nitrogen and oxygen atoms in total. The summed E-state index contributed by atoms with van der Waals surface area (Å²) in [6.07, 6.45) is 1.43. The molecule has 1 aromatic rings. The van der Waals surface area contributed by atoms with Crippen molar-refractivity contribution in [1.29, 1.82) is 0 Å². The van der Waals surface area contributed by atoms with E-state index in [1.165, 1.54) is 0 Å². The van der Waals surface area contributed by atoms with Crippen molar-refractivity contribution in [3.8, 4) is 5.75 Å². The molecule has 1 aliphatic rings. The molecule has 80 valence electrons.